The zero-order chi connectivity index (χ0) is 19.0. The lowest BCUT2D eigenvalue weighted by atomic mass is 9.93. The third kappa shape index (κ3) is 6.22. The second-order valence-electron chi connectivity index (χ2n) is 6.53. The minimum Gasteiger partial charge on any atom is -0.482 e. The van der Waals surface area contributed by atoms with E-state index in [0.29, 0.717) is 18.0 Å². The highest BCUT2D eigenvalue weighted by molar-refractivity contribution is 5.95. The van der Waals surface area contributed by atoms with Gasteiger partial charge in [-0.2, -0.15) is 0 Å². The van der Waals surface area contributed by atoms with Crippen LogP contribution >= 0.6 is 0 Å². The number of carbonyl (C=O) groups is 2. The Bertz CT molecular complexity index is 743. The number of carboxylic acids is 1. The maximum Gasteiger partial charge on any atom is 0.341 e. The third-order valence-electron chi connectivity index (χ3n) is 3.64. The normalized spacial score (nSPS) is 11.0. The number of rotatable bonds is 9. The summed E-state index contributed by atoms with van der Waals surface area (Å²) in [4.78, 5) is 23.1. The number of carboxylic acid groups (broad SMARTS) is 1. The molecule has 0 spiro atoms. The molecule has 138 valence electrons. The van der Waals surface area contributed by atoms with Crippen molar-refractivity contribution in [1.29, 1.82) is 0 Å². The number of nitrogens with one attached hydrogen (secondary N) is 1. The second kappa shape index (κ2) is 9.01. The van der Waals surface area contributed by atoms with Crippen molar-refractivity contribution in [2.45, 2.75) is 20.5 Å². The van der Waals surface area contributed by atoms with Gasteiger partial charge in [0.1, 0.15) is 5.75 Å². The van der Waals surface area contributed by atoms with Gasteiger partial charge in [0.2, 0.25) is 5.91 Å². The maximum absolute atomic E-state index is 12.5. The molecular weight excluding hydrogens is 334 g/mol. The van der Waals surface area contributed by atoms with Gasteiger partial charge in [-0.25, -0.2) is 4.79 Å². The molecule has 0 fully saturated rings. The predicted molar refractivity (Wildman–Crippen MR) is 98.1 cm³/mol. The lowest BCUT2D eigenvalue weighted by Gasteiger charge is -2.23. The van der Waals surface area contributed by atoms with Crippen LogP contribution in [0.5, 0.6) is 5.75 Å². The Kier molecular flexibility index (Phi) is 6.74. The summed E-state index contributed by atoms with van der Waals surface area (Å²) >= 11 is 0. The van der Waals surface area contributed by atoms with Crippen molar-refractivity contribution in [1.82, 2.24) is 0 Å². The number of anilines is 1. The van der Waals surface area contributed by atoms with Gasteiger partial charge >= 0.3 is 5.97 Å². The van der Waals surface area contributed by atoms with E-state index in [9.17, 15) is 9.59 Å². The average molecular weight is 357 g/mol. The van der Waals surface area contributed by atoms with E-state index in [1.807, 2.05) is 30.3 Å². The number of benzene rings is 2. The van der Waals surface area contributed by atoms with Gasteiger partial charge in [0, 0.05) is 11.8 Å². The molecule has 0 bridgehead atoms. The highest BCUT2D eigenvalue weighted by Crippen LogP contribution is 2.22. The first-order valence-electron chi connectivity index (χ1n) is 8.24. The average Bonchev–Trinajstić information content (AvgIpc) is 2.61. The number of carbonyl (C=O) groups excluding carboxylic acids is 1. The zero-order valence-corrected chi connectivity index (χ0v) is 14.9. The maximum atomic E-state index is 12.5. The highest BCUT2D eigenvalue weighted by Gasteiger charge is 2.28. The van der Waals surface area contributed by atoms with Crippen LogP contribution in [-0.2, 0) is 20.9 Å². The van der Waals surface area contributed by atoms with Crippen LogP contribution in [0.1, 0.15) is 19.4 Å². The van der Waals surface area contributed by atoms with Crippen LogP contribution in [0, 0.1) is 5.41 Å². The minimum atomic E-state index is -1.06. The smallest absolute Gasteiger partial charge is 0.341 e. The molecule has 2 rings (SSSR count). The number of hydrogen-bond donors (Lipinski definition) is 2. The fraction of sp³-hybridized carbons (Fsp3) is 0.300. The Morgan fingerprint density at radius 3 is 2.50 bits per heavy atom. The molecule has 0 saturated carbocycles. The van der Waals surface area contributed by atoms with Crippen LogP contribution in [0.15, 0.2) is 54.6 Å². The first-order valence-corrected chi connectivity index (χ1v) is 8.24. The molecule has 2 aromatic rings. The van der Waals surface area contributed by atoms with Gasteiger partial charge < -0.3 is 19.9 Å². The molecule has 0 aliphatic carbocycles. The fourth-order valence-electron chi connectivity index (χ4n) is 2.17. The molecule has 0 aliphatic heterocycles. The third-order valence-corrected chi connectivity index (χ3v) is 3.64. The van der Waals surface area contributed by atoms with Crippen LogP contribution in [-0.4, -0.2) is 30.2 Å². The molecule has 0 saturated heterocycles. The molecule has 0 atom stereocenters. The van der Waals surface area contributed by atoms with Crippen molar-refractivity contribution in [2.75, 3.05) is 18.5 Å². The Labute approximate surface area is 152 Å². The Morgan fingerprint density at radius 1 is 1.08 bits per heavy atom. The van der Waals surface area contributed by atoms with Gasteiger partial charge in [-0.3, -0.25) is 4.79 Å². The molecule has 2 aromatic carbocycles. The summed E-state index contributed by atoms with van der Waals surface area (Å²) in [5.74, 6) is -0.875. The van der Waals surface area contributed by atoms with E-state index in [-0.39, 0.29) is 12.5 Å². The van der Waals surface area contributed by atoms with Crippen LogP contribution in [0.25, 0.3) is 0 Å². The predicted octanol–water partition coefficient (Wildman–Crippen LogP) is 3.33. The van der Waals surface area contributed by atoms with Gasteiger partial charge in [0.05, 0.1) is 18.6 Å². The molecule has 6 nitrogen and oxygen atoms in total. The Hall–Kier alpha value is -2.86. The summed E-state index contributed by atoms with van der Waals surface area (Å²) in [6, 6.07) is 16.4. The fourth-order valence-corrected chi connectivity index (χ4v) is 2.17. The van der Waals surface area contributed by atoms with Crippen molar-refractivity contribution in [2.24, 2.45) is 5.41 Å². The standard InChI is InChI=1S/C20H23NO5/c1-20(2,14-25-12-15-7-4-3-5-8-15)19(24)21-16-9-6-10-17(11-16)26-13-18(22)23/h3-11H,12-14H2,1-2H3,(H,21,24)(H,22,23). The van der Waals surface area contributed by atoms with E-state index in [1.165, 1.54) is 0 Å². The van der Waals surface area contributed by atoms with Crippen LogP contribution in [0.3, 0.4) is 0 Å². The van der Waals surface area contributed by atoms with E-state index in [0.717, 1.165) is 5.56 Å². The topological polar surface area (TPSA) is 84.9 Å². The lowest BCUT2D eigenvalue weighted by molar-refractivity contribution is -0.139. The summed E-state index contributed by atoms with van der Waals surface area (Å²) in [5, 5.41) is 11.5. The zero-order valence-electron chi connectivity index (χ0n) is 14.9. The highest BCUT2D eigenvalue weighted by atomic mass is 16.5. The van der Waals surface area contributed by atoms with Gasteiger partial charge in [-0.15, -0.1) is 0 Å². The van der Waals surface area contributed by atoms with Crippen molar-refractivity contribution in [3.63, 3.8) is 0 Å². The Morgan fingerprint density at radius 2 is 1.81 bits per heavy atom. The number of ether oxygens (including phenoxy) is 2. The van der Waals surface area contributed by atoms with Crippen LogP contribution in [0.4, 0.5) is 5.69 Å². The molecule has 0 aromatic heterocycles. The first kappa shape index (κ1) is 19.5. The monoisotopic (exact) mass is 357 g/mol. The molecule has 6 heteroatoms. The van der Waals surface area contributed by atoms with Gasteiger partial charge in [-0.05, 0) is 31.5 Å². The van der Waals surface area contributed by atoms with E-state index in [2.05, 4.69) is 5.32 Å². The molecule has 0 heterocycles. The van der Waals surface area contributed by atoms with Gasteiger partial charge in [-0.1, -0.05) is 36.4 Å². The number of amides is 1. The molecule has 2 N–H and O–H groups in total. The summed E-state index contributed by atoms with van der Waals surface area (Å²) in [7, 11) is 0. The lowest BCUT2D eigenvalue weighted by Crippen LogP contribution is -2.35. The van der Waals surface area contributed by atoms with Crippen molar-refractivity contribution in [3.05, 3.63) is 60.2 Å². The van der Waals surface area contributed by atoms with Crippen molar-refractivity contribution in [3.8, 4) is 5.75 Å². The minimum absolute atomic E-state index is 0.194. The second-order valence-corrected chi connectivity index (χ2v) is 6.53. The van der Waals surface area contributed by atoms with E-state index in [1.54, 1.807) is 38.1 Å². The Balaban J connectivity index is 1.88. The number of hydrogen-bond acceptors (Lipinski definition) is 4. The van der Waals surface area contributed by atoms with Gasteiger partial charge in [0.25, 0.3) is 0 Å². The summed E-state index contributed by atoms with van der Waals surface area (Å²) < 4.78 is 10.8. The molecule has 0 unspecified atom stereocenters. The number of aliphatic carboxylic acids is 1. The molecule has 26 heavy (non-hydrogen) atoms. The first-order chi connectivity index (χ1) is 12.4. The van der Waals surface area contributed by atoms with E-state index < -0.39 is 18.0 Å². The molecule has 0 radical (unpaired) electrons. The van der Waals surface area contributed by atoms with Crippen molar-refractivity contribution >= 4 is 17.6 Å². The quantitative estimate of drug-likeness (QED) is 0.719. The van der Waals surface area contributed by atoms with Crippen molar-refractivity contribution < 1.29 is 24.2 Å². The van der Waals surface area contributed by atoms with Crippen LogP contribution in [0.2, 0.25) is 0 Å². The SMILES string of the molecule is CC(C)(COCc1ccccc1)C(=O)Nc1cccc(OCC(=O)O)c1. The molecule has 0 aliphatic rings. The van der Waals surface area contributed by atoms with E-state index >= 15 is 0 Å². The summed E-state index contributed by atoms with van der Waals surface area (Å²) in [6.07, 6.45) is 0. The van der Waals surface area contributed by atoms with Crippen LogP contribution < -0.4 is 10.1 Å². The van der Waals surface area contributed by atoms with Gasteiger partial charge in [0.15, 0.2) is 6.61 Å². The summed E-state index contributed by atoms with van der Waals surface area (Å²) in [5.41, 5.74) is 0.855. The van der Waals surface area contributed by atoms with E-state index in [4.69, 9.17) is 14.6 Å². The summed E-state index contributed by atoms with van der Waals surface area (Å²) in [6.45, 7) is 3.88. The molecule has 1 amide bonds. The largest absolute Gasteiger partial charge is 0.482 e. The molecular formula is C20H23NO5.